The average molecular weight is 345 g/mol. The number of nitrogens with zero attached hydrogens (tertiary/aromatic N) is 4. The molecule has 1 N–H and O–H groups in total. The van der Waals surface area contributed by atoms with Crippen molar-refractivity contribution in [2.75, 3.05) is 13.2 Å². The molecule has 0 bridgehead atoms. The molecule has 0 radical (unpaired) electrons. The summed E-state index contributed by atoms with van der Waals surface area (Å²) in [4.78, 5) is 12.5. The molecule has 1 saturated heterocycles. The van der Waals surface area contributed by atoms with Crippen LogP contribution in [0.4, 0.5) is 0 Å². The molecule has 3 rings (SSSR count). The number of carbonyl (C=O) groups is 1. The quantitative estimate of drug-likeness (QED) is 0.898. The van der Waals surface area contributed by atoms with Gasteiger partial charge in [0.15, 0.2) is 0 Å². The lowest BCUT2D eigenvalue weighted by molar-refractivity contribution is 0.0508. The Hall–Kier alpha value is -2.24. The highest BCUT2D eigenvalue weighted by Gasteiger charge is 2.30. The van der Waals surface area contributed by atoms with Gasteiger partial charge in [-0.2, -0.15) is 16.6 Å². The number of ether oxygens (including phenoxy) is 1. The summed E-state index contributed by atoms with van der Waals surface area (Å²) in [6, 6.07) is 3.30. The zero-order valence-electron chi connectivity index (χ0n) is 13.4. The molecule has 1 fully saturated rings. The molecule has 0 aromatic carbocycles. The second kappa shape index (κ2) is 7.55. The van der Waals surface area contributed by atoms with Crippen LogP contribution in [0.1, 0.15) is 47.9 Å². The molecule has 0 saturated carbocycles. The van der Waals surface area contributed by atoms with Crippen molar-refractivity contribution in [2.24, 2.45) is 5.92 Å². The van der Waals surface area contributed by atoms with E-state index in [0.717, 1.165) is 12.8 Å². The zero-order valence-corrected chi connectivity index (χ0v) is 14.2. The van der Waals surface area contributed by atoms with E-state index < -0.39 is 6.04 Å². The molecule has 24 heavy (non-hydrogen) atoms. The van der Waals surface area contributed by atoms with Crippen LogP contribution < -0.4 is 5.32 Å². The van der Waals surface area contributed by atoms with Crippen molar-refractivity contribution in [3.63, 3.8) is 0 Å². The van der Waals surface area contributed by atoms with Gasteiger partial charge in [0.1, 0.15) is 11.7 Å². The molecule has 2 unspecified atom stereocenters. The number of aromatic nitrogens is 3. The molecule has 2 aromatic heterocycles. The van der Waals surface area contributed by atoms with Gasteiger partial charge in [-0.15, -0.1) is 5.10 Å². The molecule has 1 aliphatic heterocycles. The summed E-state index contributed by atoms with van der Waals surface area (Å²) in [5, 5.41) is 24.1. The van der Waals surface area contributed by atoms with Crippen molar-refractivity contribution in [1.82, 2.24) is 20.3 Å². The summed E-state index contributed by atoms with van der Waals surface area (Å²) in [5.41, 5.74) is 1.34. The van der Waals surface area contributed by atoms with E-state index in [0.29, 0.717) is 24.5 Å². The van der Waals surface area contributed by atoms with Gasteiger partial charge < -0.3 is 10.1 Å². The molecule has 2 atom stereocenters. The third kappa shape index (κ3) is 3.63. The number of nitriles is 1. The second-order valence-corrected chi connectivity index (χ2v) is 6.62. The Balaban J connectivity index is 1.83. The van der Waals surface area contributed by atoms with E-state index in [9.17, 15) is 4.79 Å². The van der Waals surface area contributed by atoms with Crippen LogP contribution in [0, 0.1) is 17.2 Å². The predicted molar refractivity (Wildman–Crippen MR) is 88.4 cm³/mol. The van der Waals surface area contributed by atoms with Gasteiger partial charge in [-0.25, -0.2) is 4.68 Å². The van der Waals surface area contributed by atoms with Crippen LogP contribution in [-0.4, -0.2) is 34.1 Å². The zero-order chi connectivity index (χ0) is 16.9. The topological polar surface area (TPSA) is 92.8 Å². The summed E-state index contributed by atoms with van der Waals surface area (Å²) in [6.45, 7) is 3.11. The molecular weight excluding hydrogens is 326 g/mol. The number of carbonyl (C=O) groups excluding carboxylic acids is 1. The van der Waals surface area contributed by atoms with E-state index in [1.807, 2.05) is 10.8 Å². The van der Waals surface area contributed by atoms with E-state index in [1.165, 1.54) is 16.0 Å². The van der Waals surface area contributed by atoms with Crippen molar-refractivity contribution < 1.29 is 9.53 Å². The maximum Gasteiger partial charge on any atom is 0.252 e. The summed E-state index contributed by atoms with van der Waals surface area (Å²) < 4.78 is 6.95. The molecule has 3 heterocycles. The van der Waals surface area contributed by atoms with Gasteiger partial charge in [-0.1, -0.05) is 5.21 Å². The van der Waals surface area contributed by atoms with Crippen LogP contribution in [0.2, 0.25) is 0 Å². The first-order valence-corrected chi connectivity index (χ1v) is 8.85. The van der Waals surface area contributed by atoms with E-state index >= 15 is 0 Å². The normalized spacial score (nSPS) is 17.8. The van der Waals surface area contributed by atoms with Crippen molar-refractivity contribution in [2.45, 2.75) is 31.8 Å². The fourth-order valence-electron chi connectivity index (χ4n) is 2.78. The largest absolute Gasteiger partial charge is 0.381 e. The molecule has 0 aliphatic carbocycles. The molecule has 126 valence electrons. The van der Waals surface area contributed by atoms with Crippen molar-refractivity contribution in [1.29, 1.82) is 5.26 Å². The Morgan fingerprint density at radius 2 is 2.33 bits per heavy atom. The Labute approximate surface area is 144 Å². The second-order valence-electron chi connectivity index (χ2n) is 5.84. The lowest BCUT2D eigenvalue weighted by Gasteiger charge is -2.29. The van der Waals surface area contributed by atoms with Gasteiger partial charge in [-0.05, 0) is 37.1 Å². The number of thiophene rings is 1. The molecule has 0 spiro atoms. The first-order chi connectivity index (χ1) is 11.7. The Morgan fingerprint density at radius 1 is 1.54 bits per heavy atom. The fraction of sp³-hybridized carbons (Fsp3) is 0.500. The SMILES string of the molecule is CC(C#N)n1cc(C(NC(=O)c2ccsc2)C2CCOCC2)nn1. The molecular formula is C16H19N5O2S. The van der Waals surface area contributed by atoms with E-state index in [-0.39, 0.29) is 17.9 Å². The highest BCUT2D eigenvalue weighted by molar-refractivity contribution is 7.08. The maximum atomic E-state index is 12.5. The van der Waals surface area contributed by atoms with Crippen molar-refractivity contribution in [3.05, 3.63) is 34.3 Å². The molecule has 7 nitrogen and oxygen atoms in total. The van der Waals surface area contributed by atoms with Gasteiger partial charge in [0.25, 0.3) is 5.91 Å². The minimum Gasteiger partial charge on any atom is -0.381 e. The van der Waals surface area contributed by atoms with Crippen LogP contribution in [-0.2, 0) is 4.74 Å². The molecule has 8 heteroatoms. The Morgan fingerprint density at radius 3 is 3.00 bits per heavy atom. The van der Waals surface area contributed by atoms with Crippen LogP contribution in [0.15, 0.2) is 23.0 Å². The van der Waals surface area contributed by atoms with Crippen LogP contribution in [0.25, 0.3) is 0 Å². The fourth-order valence-corrected chi connectivity index (χ4v) is 3.42. The number of hydrogen-bond donors (Lipinski definition) is 1. The summed E-state index contributed by atoms with van der Waals surface area (Å²) >= 11 is 1.49. The minimum absolute atomic E-state index is 0.115. The highest BCUT2D eigenvalue weighted by atomic mass is 32.1. The number of hydrogen-bond acceptors (Lipinski definition) is 6. The van der Waals surface area contributed by atoms with Gasteiger partial charge in [-0.3, -0.25) is 4.79 Å². The lowest BCUT2D eigenvalue weighted by Crippen LogP contribution is -2.36. The number of amides is 1. The lowest BCUT2D eigenvalue weighted by atomic mass is 9.89. The summed E-state index contributed by atoms with van der Waals surface area (Å²) in [7, 11) is 0. The van der Waals surface area contributed by atoms with Crippen molar-refractivity contribution in [3.8, 4) is 6.07 Å². The third-order valence-corrected chi connectivity index (χ3v) is 4.92. The first kappa shape index (κ1) is 16.6. The first-order valence-electron chi connectivity index (χ1n) is 7.91. The molecule has 1 amide bonds. The maximum absolute atomic E-state index is 12.5. The highest BCUT2D eigenvalue weighted by Crippen LogP contribution is 2.29. The van der Waals surface area contributed by atoms with Gasteiger partial charge >= 0.3 is 0 Å². The average Bonchev–Trinajstić information content (AvgIpc) is 3.31. The van der Waals surface area contributed by atoms with Crippen LogP contribution in [0.5, 0.6) is 0 Å². The predicted octanol–water partition coefficient (Wildman–Crippen LogP) is 2.32. The molecule has 2 aromatic rings. The standard InChI is InChI=1S/C16H19N5O2S/c1-11(8-17)21-9-14(19-20-21)15(12-2-5-23-6-3-12)18-16(22)13-4-7-24-10-13/h4,7,9-12,15H,2-3,5-6H2,1H3,(H,18,22). The summed E-state index contributed by atoms with van der Waals surface area (Å²) in [6.07, 6.45) is 3.46. The van der Waals surface area contributed by atoms with Gasteiger partial charge in [0, 0.05) is 18.6 Å². The Bertz CT molecular complexity index is 715. The number of nitrogens with one attached hydrogen (secondary N) is 1. The van der Waals surface area contributed by atoms with E-state index in [4.69, 9.17) is 10.00 Å². The van der Waals surface area contributed by atoms with Gasteiger partial charge in [0.05, 0.1) is 23.9 Å². The Kier molecular flexibility index (Phi) is 5.23. The van der Waals surface area contributed by atoms with Crippen molar-refractivity contribution >= 4 is 17.2 Å². The smallest absolute Gasteiger partial charge is 0.252 e. The number of rotatable bonds is 5. The van der Waals surface area contributed by atoms with Gasteiger partial charge in [0.2, 0.25) is 0 Å². The van der Waals surface area contributed by atoms with E-state index in [1.54, 1.807) is 19.2 Å². The third-order valence-electron chi connectivity index (χ3n) is 4.24. The molecule has 1 aliphatic rings. The minimum atomic E-state index is -0.394. The van der Waals surface area contributed by atoms with Crippen LogP contribution in [0.3, 0.4) is 0 Å². The van der Waals surface area contributed by atoms with E-state index in [2.05, 4.69) is 21.7 Å². The summed E-state index contributed by atoms with van der Waals surface area (Å²) in [5.74, 6) is 0.125. The monoisotopic (exact) mass is 345 g/mol. The van der Waals surface area contributed by atoms with Crippen LogP contribution >= 0.6 is 11.3 Å².